The van der Waals surface area contributed by atoms with Gasteiger partial charge >= 0.3 is 5.97 Å². The minimum absolute atomic E-state index is 0.241. The quantitative estimate of drug-likeness (QED) is 0.734. The van der Waals surface area contributed by atoms with Gasteiger partial charge in [-0.15, -0.1) is 0 Å². The van der Waals surface area contributed by atoms with E-state index >= 15 is 0 Å². The summed E-state index contributed by atoms with van der Waals surface area (Å²) in [5.74, 6) is -0.808. The fourth-order valence-corrected chi connectivity index (χ4v) is 2.04. The predicted molar refractivity (Wildman–Crippen MR) is 60.0 cm³/mol. The Labute approximate surface area is 94.2 Å². The molecule has 4 heteroatoms. The molecule has 2 rings (SSSR count). The van der Waals surface area contributed by atoms with Crippen molar-refractivity contribution in [3.63, 3.8) is 0 Å². The van der Waals surface area contributed by atoms with Crippen LogP contribution in [0.2, 0.25) is 0 Å². The molecular weight excluding hydrogens is 206 g/mol. The molecule has 0 amide bonds. The van der Waals surface area contributed by atoms with Crippen LogP contribution < -0.4 is 5.32 Å². The second kappa shape index (κ2) is 3.79. The van der Waals surface area contributed by atoms with Crippen LogP contribution in [0.5, 0.6) is 0 Å². The van der Waals surface area contributed by atoms with Crippen LogP contribution in [0.15, 0.2) is 24.3 Å². The molecular formula is C12H15NO3. The van der Waals surface area contributed by atoms with Crippen molar-refractivity contribution in [3.8, 4) is 0 Å². The molecule has 2 unspecified atom stereocenters. The lowest BCUT2D eigenvalue weighted by Gasteiger charge is -2.25. The highest BCUT2D eigenvalue weighted by molar-refractivity contribution is 5.85. The molecule has 0 saturated carbocycles. The summed E-state index contributed by atoms with van der Waals surface area (Å²) in [5, 5.41) is 13.5. The molecule has 1 aromatic carbocycles. The number of carbonyl (C=O) groups excluding carboxylic acids is 1. The topological polar surface area (TPSA) is 58.6 Å². The maximum Gasteiger partial charge on any atom is 0.343 e. The molecule has 0 aromatic heterocycles. The van der Waals surface area contributed by atoms with Crippen molar-refractivity contribution in [1.29, 1.82) is 0 Å². The zero-order valence-electron chi connectivity index (χ0n) is 9.36. The van der Waals surface area contributed by atoms with Crippen molar-refractivity contribution in [2.75, 3.05) is 19.0 Å². The molecule has 2 atom stereocenters. The standard InChI is InChI=1S/C12H15NO3/c1-8-7-16-11(14)12(8,15)9-5-3-4-6-10(9)13-2/h3-6,8,13,15H,7H2,1-2H3. The van der Waals surface area contributed by atoms with Gasteiger partial charge in [-0.25, -0.2) is 4.79 Å². The van der Waals surface area contributed by atoms with Crippen molar-refractivity contribution < 1.29 is 14.6 Å². The number of aliphatic hydroxyl groups is 1. The van der Waals surface area contributed by atoms with Crippen LogP contribution >= 0.6 is 0 Å². The number of para-hydroxylation sites is 1. The summed E-state index contributed by atoms with van der Waals surface area (Å²) in [4.78, 5) is 11.7. The van der Waals surface area contributed by atoms with Crippen molar-refractivity contribution in [2.24, 2.45) is 5.92 Å². The van der Waals surface area contributed by atoms with Gasteiger partial charge in [0.2, 0.25) is 0 Å². The van der Waals surface area contributed by atoms with E-state index < -0.39 is 11.6 Å². The Hall–Kier alpha value is -1.55. The number of hydrogen-bond acceptors (Lipinski definition) is 4. The zero-order valence-corrected chi connectivity index (χ0v) is 9.36. The lowest BCUT2D eigenvalue weighted by molar-refractivity contribution is -0.155. The molecule has 1 aliphatic rings. The Kier molecular flexibility index (Phi) is 2.59. The molecule has 16 heavy (non-hydrogen) atoms. The number of hydrogen-bond donors (Lipinski definition) is 2. The van der Waals surface area contributed by atoms with Crippen molar-refractivity contribution in [3.05, 3.63) is 29.8 Å². The van der Waals surface area contributed by atoms with Gasteiger partial charge in [-0.3, -0.25) is 0 Å². The lowest BCUT2D eigenvalue weighted by atomic mass is 9.83. The Morgan fingerprint density at radius 1 is 1.50 bits per heavy atom. The third kappa shape index (κ3) is 1.38. The van der Waals surface area contributed by atoms with Crippen LogP contribution in [0.3, 0.4) is 0 Å². The van der Waals surface area contributed by atoms with E-state index in [1.807, 2.05) is 12.1 Å². The van der Waals surface area contributed by atoms with Crippen LogP contribution in [0.25, 0.3) is 0 Å². The monoisotopic (exact) mass is 221 g/mol. The Morgan fingerprint density at radius 2 is 2.19 bits per heavy atom. The Morgan fingerprint density at radius 3 is 2.75 bits per heavy atom. The van der Waals surface area contributed by atoms with Gasteiger partial charge in [0, 0.05) is 24.2 Å². The molecule has 1 aliphatic heterocycles. The first-order valence-electron chi connectivity index (χ1n) is 5.27. The van der Waals surface area contributed by atoms with Crippen LogP contribution in [-0.4, -0.2) is 24.7 Å². The Balaban J connectivity index is 2.54. The van der Waals surface area contributed by atoms with E-state index in [9.17, 15) is 9.90 Å². The average molecular weight is 221 g/mol. The van der Waals surface area contributed by atoms with E-state index in [-0.39, 0.29) is 12.5 Å². The predicted octanol–water partition coefficient (Wildman–Crippen LogP) is 1.11. The summed E-state index contributed by atoms with van der Waals surface area (Å²) in [7, 11) is 1.76. The third-order valence-corrected chi connectivity index (χ3v) is 3.10. The SMILES string of the molecule is CNc1ccccc1C1(O)C(=O)OCC1C. The number of esters is 1. The van der Waals surface area contributed by atoms with Gasteiger partial charge in [0.05, 0.1) is 6.61 Å². The highest BCUT2D eigenvalue weighted by Gasteiger charge is 2.51. The summed E-state index contributed by atoms with van der Waals surface area (Å²) < 4.78 is 4.92. The molecule has 86 valence electrons. The molecule has 1 heterocycles. The minimum atomic E-state index is -1.53. The smallest absolute Gasteiger partial charge is 0.343 e. The van der Waals surface area contributed by atoms with Crippen LogP contribution in [0, 0.1) is 5.92 Å². The highest BCUT2D eigenvalue weighted by atomic mass is 16.6. The van der Waals surface area contributed by atoms with Gasteiger partial charge in [0.25, 0.3) is 0 Å². The van der Waals surface area contributed by atoms with Crippen molar-refractivity contribution >= 4 is 11.7 Å². The normalized spacial score (nSPS) is 28.9. The highest BCUT2D eigenvalue weighted by Crippen LogP contribution is 2.39. The molecule has 1 aromatic rings. The van der Waals surface area contributed by atoms with Gasteiger partial charge in [-0.2, -0.15) is 0 Å². The van der Waals surface area contributed by atoms with Gasteiger partial charge in [0.1, 0.15) is 0 Å². The summed E-state index contributed by atoms with van der Waals surface area (Å²) in [6.07, 6.45) is 0. The zero-order chi connectivity index (χ0) is 11.8. The number of rotatable bonds is 2. The summed E-state index contributed by atoms with van der Waals surface area (Å²) in [6.45, 7) is 2.06. The minimum Gasteiger partial charge on any atom is -0.463 e. The molecule has 4 nitrogen and oxygen atoms in total. The molecule has 2 N–H and O–H groups in total. The number of carbonyl (C=O) groups is 1. The van der Waals surface area contributed by atoms with E-state index in [2.05, 4.69) is 5.32 Å². The van der Waals surface area contributed by atoms with E-state index in [0.717, 1.165) is 5.69 Å². The summed E-state index contributed by atoms with van der Waals surface area (Å²) in [5.41, 5.74) is -0.206. The fourth-order valence-electron chi connectivity index (χ4n) is 2.04. The van der Waals surface area contributed by atoms with Gasteiger partial charge < -0.3 is 15.2 Å². The molecule has 0 aliphatic carbocycles. The molecule has 0 bridgehead atoms. The largest absolute Gasteiger partial charge is 0.463 e. The lowest BCUT2D eigenvalue weighted by Crippen LogP contribution is -2.37. The Bertz CT molecular complexity index is 418. The van der Waals surface area contributed by atoms with E-state index in [1.165, 1.54) is 0 Å². The average Bonchev–Trinajstić information content (AvgIpc) is 2.58. The first-order chi connectivity index (χ1) is 7.60. The first-order valence-corrected chi connectivity index (χ1v) is 5.27. The summed E-state index contributed by atoms with van der Waals surface area (Å²) in [6, 6.07) is 7.22. The maximum absolute atomic E-state index is 11.7. The third-order valence-electron chi connectivity index (χ3n) is 3.10. The number of ether oxygens (including phenoxy) is 1. The van der Waals surface area contributed by atoms with E-state index in [0.29, 0.717) is 5.56 Å². The summed E-state index contributed by atoms with van der Waals surface area (Å²) >= 11 is 0. The number of benzene rings is 1. The van der Waals surface area contributed by atoms with Crippen molar-refractivity contribution in [2.45, 2.75) is 12.5 Å². The number of nitrogens with one attached hydrogen (secondary N) is 1. The van der Waals surface area contributed by atoms with E-state index in [1.54, 1.807) is 26.1 Å². The van der Waals surface area contributed by atoms with Crippen LogP contribution in [0.4, 0.5) is 5.69 Å². The van der Waals surface area contributed by atoms with Crippen LogP contribution in [-0.2, 0) is 15.1 Å². The molecule has 0 radical (unpaired) electrons. The van der Waals surface area contributed by atoms with Crippen LogP contribution in [0.1, 0.15) is 12.5 Å². The van der Waals surface area contributed by atoms with Gasteiger partial charge in [-0.1, -0.05) is 25.1 Å². The fraction of sp³-hybridized carbons (Fsp3) is 0.417. The van der Waals surface area contributed by atoms with Gasteiger partial charge in [-0.05, 0) is 6.07 Å². The second-order valence-electron chi connectivity index (χ2n) is 4.06. The first kappa shape index (κ1) is 11.0. The molecule has 1 fully saturated rings. The van der Waals surface area contributed by atoms with Gasteiger partial charge in [0.15, 0.2) is 5.60 Å². The number of cyclic esters (lactones) is 1. The van der Waals surface area contributed by atoms with Crippen molar-refractivity contribution in [1.82, 2.24) is 0 Å². The molecule has 1 saturated heterocycles. The van der Waals surface area contributed by atoms with E-state index in [4.69, 9.17) is 4.74 Å². The number of anilines is 1. The molecule has 0 spiro atoms. The second-order valence-corrected chi connectivity index (χ2v) is 4.06. The maximum atomic E-state index is 11.7.